The average Bonchev–Trinajstić information content (AvgIpc) is 3.80. The Hall–Kier alpha value is -5.68. The fourth-order valence-corrected chi connectivity index (χ4v) is 6.39. The summed E-state index contributed by atoms with van der Waals surface area (Å²) in [5, 5.41) is 0. The second kappa shape index (κ2) is 13.0. The summed E-state index contributed by atoms with van der Waals surface area (Å²) in [6, 6.07) is 44.9. The van der Waals surface area contributed by atoms with Crippen LogP contribution in [0.2, 0.25) is 0 Å². The van der Waals surface area contributed by atoms with Gasteiger partial charge in [-0.25, -0.2) is 9.97 Å². The van der Waals surface area contributed by atoms with Crippen molar-refractivity contribution in [2.24, 2.45) is 0 Å². The van der Waals surface area contributed by atoms with Crippen molar-refractivity contribution >= 4 is 17.1 Å². The van der Waals surface area contributed by atoms with E-state index in [1.807, 2.05) is 24.7 Å². The number of imidazole rings is 2. The normalized spacial score (nSPS) is 11.4. The van der Waals surface area contributed by atoms with Crippen molar-refractivity contribution in [3.8, 4) is 34.2 Å². The summed E-state index contributed by atoms with van der Waals surface area (Å²) in [6.07, 6.45) is 7.89. The van der Waals surface area contributed by atoms with Crippen LogP contribution in [0.1, 0.15) is 50.7 Å². The van der Waals surface area contributed by atoms with Gasteiger partial charge in [0.1, 0.15) is 11.6 Å². The number of nitrogens with zero attached hydrogens (tertiary/aromatic N) is 5. The van der Waals surface area contributed by atoms with Crippen molar-refractivity contribution in [1.29, 1.82) is 0 Å². The number of rotatable bonds is 9. The summed E-state index contributed by atoms with van der Waals surface area (Å²) in [4.78, 5) is 12.0. The van der Waals surface area contributed by atoms with Gasteiger partial charge in [-0.15, -0.1) is 0 Å². The zero-order chi connectivity index (χ0) is 32.3. The quantitative estimate of drug-likeness (QED) is 0.163. The first kappa shape index (κ1) is 30.0. The minimum atomic E-state index is 0.378. The molecule has 0 saturated carbocycles. The summed E-state index contributed by atoms with van der Waals surface area (Å²) < 4.78 is 4.41. The minimum Gasteiger partial charge on any atom is -0.310 e. The van der Waals surface area contributed by atoms with Crippen molar-refractivity contribution in [2.45, 2.75) is 39.5 Å². The molecule has 2 aromatic heterocycles. The summed E-state index contributed by atoms with van der Waals surface area (Å²) in [7, 11) is 0. The molecule has 5 nitrogen and oxygen atoms in total. The molecule has 7 rings (SSSR count). The van der Waals surface area contributed by atoms with Gasteiger partial charge < -0.3 is 4.90 Å². The lowest BCUT2D eigenvalue weighted by Gasteiger charge is -2.26. The first-order chi connectivity index (χ1) is 23.0. The third-order valence-corrected chi connectivity index (χ3v) is 8.64. The topological polar surface area (TPSA) is 38.9 Å². The van der Waals surface area contributed by atoms with Crippen molar-refractivity contribution in [3.63, 3.8) is 0 Å². The molecular formula is C42H39N5. The fourth-order valence-electron chi connectivity index (χ4n) is 6.39. The summed E-state index contributed by atoms with van der Waals surface area (Å²) in [5.41, 5.74) is 10.2. The Bertz CT molecular complexity index is 2080. The lowest BCUT2D eigenvalue weighted by Crippen LogP contribution is -2.11. The molecule has 0 fully saturated rings. The van der Waals surface area contributed by atoms with Gasteiger partial charge in [-0.3, -0.25) is 9.13 Å². The zero-order valence-corrected chi connectivity index (χ0v) is 27.3. The maximum atomic E-state index is 4.93. The molecule has 0 spiro atoms. The molecule has 2 heterocycles. The third kappa shape index (κ3) is 5.88. The van der Waals surface area contributed by atoms with Gasteiger partial charge in [-0.1, -0.05) is 107 Å². The Morgan fingerprint density at radius 1 is 0.489 bits per heavy atom. The van der Waals surface area contributed by atoms with Crippen LogP contribution < -0.4 is 4.90 Å². The molecule has 0 unspecified atom stereocenters. The zero-order valence-electron chi connectivity index (χ0n) is 27.3. The standard InChI is InChI=1S/C42H39N5/c1-30(2)38-22-13-23-39(31(3)4)40(38)46-27-25-44-42(46)33-15-12-21-37(29-33)47(35-18-9-6-10-19-35)36-20-11-14-32(28-36)41-43-24-26-45(41)34-16-7-5-8-17-34/h5-31H,1-4H3. The van der Waals surface area contributed by atoms with Crippen molar-refractivity contribution in [2.75, 3.05) is 4.90 Å². The molecule has 0 N–H and O–H groups in total. The van der Waals surface area contributed by atoms with Crippen LogP contribution in [0.15, 0.2) is 152 Å². The van der Waals surface area contributed by atoms with Crippen molar-refractivity contribution in [1.82, 2.24) is 19.1 Å². The molecule has 5 heteroatoms. The van der Waals surface area contributed by atoms with E-state index in [1.54, 1.807) is 0 Å². The van der Waals surface area contributed by atoms with E-state index >= 15 is 0 Å². The van der Waals surface area contributed by atoms with Gasteiger partial charge in [0.15, 0.2) is 0 Å². The van der Waals surface area contributed by atoms with Gasteiger partial charge in [0.25, 0.3) is 0 Å². The number of anilines is 3. The minimum absolute atomic E-state index is 0.378. The summed E-state index contributed by atoms with van der Waals surface area (Å²) in [5.74, 6) is 2.58. The SMILES string of the molecule is CC(C)c1cccc(C(C)C)c1-n1ccnc1-c1cccc(N(c2ccccc2)c2cccc(-c3nccn3-c3ccccc3)c2)c1. The third-order valence-electron chi connectivity index (χ3n) is 8.64. The number of hydrogen-bond acceptors (Lipinski definition) is 3. The number of hydrogen-bond donors (Lipinski definition) is 0. The number of benzene rings is 5. The summed E-state index contributed by atoms with van der Waals surface area (Å²) in [6.45, 7) is 9.05. The van der Waals surface area contributed by atoms with E-state index in [-0.39, 0.29) is 0 Å². The van der Waals surface area contributed by atoms with Gasteiger partial charge >= 0.3 is 0 Å². The van der Waals surface area contributed by atoms with Crippen LogP contribution in [0.4, 0.5) is 17.1 Å². The fraction of sp³-hybridized carbons (Fsp3) is 0.143. The van der Waals surface area contributed by atoms with E-state index in [0.29, 0.717) is 11.8 Å². The van der Waals surface area contributed by atoms with E-state index in [2.05, 4.69) is 169 Å². The maximum Gasteiger partial charge on any atom is 0.144 e. The molecule has 0 atom stereocenters. The van der Waals surface area contributed by atoms with E-state index < -0.39 is 0 Å². The number of aromatic nitrogens is 4. The molecule has 0 amide bonds. The molecule has 0 aliphatic rings. The monoisotopic (exact) mass is 613 g/mol. The van der Waals surface area contributed by atoms with Crippen LogP contribution in [0.25, 0.3) is 34.2 Å². The van der Waals surface area contributed by atoms with Crippen LogP contribution >= 0.6 is 0 Å². The first-order valence-corrected chi connectivity index (χ1v) is 16.3. The van der Waals surface area contributed by atoms with Crippen molar-refractivity contribution in [3.05, 3.63) is 163 Å². The second-order valence-corrected chi connectivity index (χ2v) is 12.4. The smallest absolute Gasteiger partial charge is 0.144 e. The number of para-hydroxylation sites is 3. The predicted molar refractivity (Wildman–Crippen MR) is 194 cm³/mol. The molecule has 0 saturated heterocycles. The Labute approximate surface area is 277 Å². The van der Waals surface area contributed by atoms with Gasteiger partial charge in [0.2, 0.25) is 0 Å². The van der Waals surface area contributed by atoms with Crippen LogP contribution in [-0.4, -0.2) is 19.1 Å². The molecule has 0 aliphatic carbocycles. The summed E-state index contributed by atoms with van der Waals surface area (Å²) >= 11 is 0. The van der Waals surface area contributed by atoms with Crippen molar-refractivity contribution < 1.29 is 0 Å². The maximum absolute atomic E-state index is 4.93. The van der Waals surface area contributed by atoms with Gasteiger partial charge in [-0.2, -0.15) is 0 Å². The van der Waals surface area contributed by atoms with Gasteiger partial charge in [-0.05, 0) is 71.5 Å². The highest BCUT2D eigenvalue weighted by Crippen LogP contribution is 2.39. The van der Waals surface area contributed by atoms with Gasteiger partial charge in [0, 0.05) is 58.7 Å². The lowest BCUT2D eigenvalue weighted by molar-refractivity contribution is 0.807. The Morgan fingerprint density at radius 2 is 0.957 bits per heavy atom. The van der Waals surface area contributed by atoms with Crippen LogP contribution in [-0.2, 0) is 0 Å². The molecule has 0 radical (unpaired) electrons. The lowest BCUT2D eigenvalue weighted by atomic mass is 9.92. The molecule has 5 aromatic carbocycles. The highest BCUT2D eigenvalue weighted by Gasteiger charge is 2.20. The Morgan fingerprint density at radius 3 is 1.51 bits per heavy atom. The predicted octanol–water partition coefficient (Wildman–Crippen LogP) is 11.1. The van der Waals surface area contributed by atoms with E-state index in [1.165, 1.54) is 16.8 Å². The Kier molecular flexibility index (Phi) is 8.28. The highest BCUT2D eigenvalue weighted by atomic mass is 15.1. The molecule has 7 aromatic rings. The Balaban J connectivity index is 1.34. The molecular weight excluding hydrogens is 574 g/mol. The molecule has 47 heavy (non-hydrogen) atoms. The second-order valence-electron chi connectivity index (χ2n) is 12.4. The molecule has 0 bridgehead atoms. The van der Waals surface area contributed by atoms with Crippen LogP contribution in [0.3, 0.4) is 0 Å². The first-order valence-electron chi connectivity index (χ1n) is 16.3. The van der Waals surface area contributed by atoms with E-state index in [0.717, 1.165) is 45.5 Å². The average molecular weight is 614 g/mol. The van der Waals surface area contributed by atoms with Crippen LogP contribution in [0.5, 0.6) is 0 Å². The largest absolute Gasteiger partial charge is 0.310 e. The highest BCUT2D eigenvalue weighted by molar-refractivity contribution is 5.81. The van der Waals surface area contributed by atoms with Crippen LogP contribution in [0, 0.1) is 0 Å². The van der Waals surface area contributed by atoms with Gasteiger partial charge in [0.05, 0.1) is 5.69 Å². The van der Waals surface area contributed by atoms with E-state index in [9.17, 15) is 0 Å². The molecule has 0 aliphatic heterocycles. The van der Waals surface area contributed by atoms with E-state index in [4.69, 9.17) is 9.97 Å². The molecule has 232 valence electrons.